The maximum absolute atomic E-state index is 13.0. The number of ether oxygens (including phenoxy) is 1. The molecule has 1 heterocycles. The molecule has 0 spiro atoms. The Labute approximate surface area is 160 Å². The molecule has 1 fully saturated rings. The van der Waals surface area contributed by atoms with Crippen molar-refractivity contribution in [1.82, 2.24) is 9.62 Å². The van der Waals surface area contributed by atoms with Gasteiger partial charge in [-0.1, -0.05) is 30.3 Å². The van der Waals surface area contributed by atoms with Gasteiger partial charge >= 0.3 is 0 Å². The minimum atomic E-state index is -3.87. The zero-order chi connectivity index (χ0) is 19.3. The summed E-state index contributed by atoms with van der Waals surface area (Å²) in [6.07, 6.45) is 1.89. The highest BCUT2D eigenvalue weighted by Gasteiger charge is 2.31. The van der Waals surface area contributed by atoms with Crippen molar-refractivity contribution in [1.29, 1.82) is 0 Å². The van der Waals surface area contributed by atoms with Crippen LogP contribution in [0.15, 0.2) is 59.5 Å². The number of benzene rings is 2. The first-order valence-electron chi connectivity index (χ1n) is 9.10. The predicted molar refractivity (Wildman–Crippen MR) is 103 cm³/mol. The molecule has 27 heavy (non-hydrogen) atoms. The van der Waals surface area contributed by atoms with E-state index in [-0.39, 0.29) is 10.8 Å². The van der Waals surface area contributed by atoms with Crippen molar-refractivity contribution in [3.8, 4) is 5.75 Å². The summed E-state index contributed by atoms with van der Waals surface area (Å²) in [6, 6.07) is 14.2. The van der Waals surface area contributed by atoms with Gasteiger partial charge in [-0.25, -0.2) is 8.42 Å². The summed E-state index contributed by atoms with van der Waals surface area (Å²) in [5.41, 5.74) is 0.629. The SMILES string of the molecule is CCOc1ccc(S(=O)(=O)N[C@H](C(=O)N2CCCC2)c2ccccc2)cc1. The Kier molecular flexibility index (Phi) is 6.13. The molecule has 0 bridgehead atoms. The summed E-state index contributed by atoms with van der Waals surface area (Å²) in [6.45, 7) is 3.69. The van der Waals surface area contributed by atoms with Crippen LogP contribution >= 0.6 is 0 Å². The van der Waals surface area contributed by atoms with Crippen LogP contribution < -0.4 is 9.46 Å². The highest BCUT2D eigenvalue weighted by molar-refractivity contribution is 7.89. The number of nitrogens with zero attached hydrogens (tertiary/aromatic N) is 1. The molecule has 2 aromatic rings. The van der Waals surface area contributed by atoms with Crippen molar-refractivity contribution in [2.24, 2.45) is 0 Å². The maximum atomic E-state index is 13.0. The second kappa shape index (κ2) is 8.54. The van der Waals surface area contributed by atoms with Crippen LogP contribution in [0.5, 0.6) is 5.75 Å². The molecule has 2 aromatic carbocycles. The maximum Gasteiger partial charge on any atom is 0.245 e. The zero-order valence-electron chi connectivity index (χ0n) is 15.3. The van der Waals surface area contributed by atoms with Crippen LogP contribution in [0.25, 0.3) is 0 Å². The third-order valence-corrected chi connectivity index (χ3v) is 5.95. The third-order valence-electron chi connectivity index (χ3n) is 4.52. The lowest BCUT2D eigenvalue weighted by molar-refractivity contribution is -0.132. The minimum Gasteiger partial charge on any atom is -0.494 e. The lowest BCUT2D eigenvalue weighted by Crippen LogP contribution is -2.41. The fraction of sp³-hybridized carbons (Fsp3) is 0.350. The van der Waals surface area contributed by atoms with Gasteiger partial charge in [0.2, 0.25) is 15.9 Å². The largest absolute Gasteiger partial charge is 0.494 e. The van der Waals surface area contributed by atoms with Crippen LogP contribution in [0.4, 0.5) is 0 Å². The highest BCUT2D eigenvalue weighted by Crippen LogP contribution is 2.23. The van der Waals surface area contributed by atoms with Crippen molar-refractivity contribution in [3.63, 3.8) is 0 Å². The summed E-state index contributed by atoms with van der Waals surface area (Å²) in [7, 11) is -3.87. The number of likely N-dealkylation sites (tertiary alicyclic amines) is 1. The van der Waals surface area contributed by atoms with E-state index in [4.69, 9.17) is 4.74 Å². The lowest BCUT2D eigenvalue weighted by atomic mass is 10.1. The van der Waals surface area contributed by atoms with E-state index in [0.717, 1.165) is 12.8 Å². The Morgan fingerprint density at radius 2 is 1.70 bits per heavy atom. The van der Waals surface area contributed by atoms with E-state index >= 15 is 0 Å². The summed E-state index contributed by atoms with van der Waals surface area (Å²) < 4.78 is 33.7. The van der Waals surface area contributed by atoms with E-state index in [1.54, 1.807) is 41.3 Å². The van der Waals surface area contributed by atoms with E-state index in [0.29, 0.717) is 31.0 Å². The Balaban J connectivity index is 1.87. The number of nitrogens with one attached hydrogen (secondary N) is 1. The molecule has 0 radical (unpaired) electrons. The Morgan fingerprint density at radius 1 is 1.07 bits per heavy atom. The molecular weight excluding hydrogens is 364 g/mol. The van der Waals surface area contributed by atoms with Crippen LogP contribution in [0.3, 0.4) is 0 Å². The first-order valence-corrected chi connectivity index (χ1v) is 10.6. The Morgan fingerprint density at radius 3 is 2.30 bits per heavy atom. The van der Waals surface area contributed by atoms with Crippen LogP contribution in [-0.2, 0) is 14.8 Å². The highest BCUT2D eigenvalue weighted by atomic mass is 32.2. The molecule has 1 atom stereocenters. The average molecular weight is 388 g/mol. The van der Waals surface area contributed by atoms with Gasteiger partial charge in [-0.3, -0.25) is 4.79 Å². The number of carbonyl (C=O) groups is 1. The van der Waals surface area contributed by atoms with Gasteiger partial charge in [0.25, 0.3) is 0 Å². The quantitative estimate of drug-likeness (QED) is 0.791. The van der Waals surface area contributed by atoms with Gasteiger partial charge in [-0.2, -0.15) is 4.72 Å². The summed E-state index contributed by atoms with van der Waals surface area (Å²) in [5.74, 6) is 0.386. The van der Waals surface area contributed by atoms with E-state index in [9.17, 15) is 13.2 Å². The molecule has 1 aliphatic rings. The van der Waals surface area contributed by atoms with Crippen LogP contribution in [0.2, 0.25) is 0 Å². The van der Waals surface area contributed by atoms with Gasteiger partial charge in [0.05, 0.1) is 11.5 Å². The van der Waals surface area contributed by atoms with Crippen molar-refractivity contribution in [2.45, 2.75) is 30.7 Å². The topological polar surface area (TPSA) is 75.7 Å². The number of hydrogen-bond acceptors (Lipinski definition) is 4. The van der Waals surface area contributed by atoms with Crippen molar-refractivity contribution in [2.75, 3.05) is 19.7 Å². The molecule has 7 heteroatoms. The van der Waals surface area contributed by atoms with E-state index in [1.165, 1.54) is 12.1 Å². The fourth-order valence-electron chi connectivity index (χ4n) is 3.13. The molecular formula is C20H24N2O4S. The average Bonchev–Trinajstić information content (AvgIpc) is 3.22. The van der Waals surface area contributed by atoms with E-state index in [2.05, 4.69) is 4.72 Å². The van der Waals surface area contributed by atoms with Gasteiger partial charge in [0, 0.05) is 13.1 Å². The predicted octanol–water partition coefficient (Wildman–Crippen LogP) is 2.73. The first kappa shape index (κ1) is 19.4. The molecule has 0 aliphatic carbocycles. The number of amides is 1. The van der Waals surface area contributed by atoms with Gasteiger partial charge in [-0.05, 0) is 49.6 Å². The van der Waals surface area contributed by atoms with Gasteiger partial charge in [0.1, 0.15) is 11.8 Å². The second-order valence-corrected chi connectivity index (χ2v) is 8.12. The minimum absolute atomic E-state index is 0.0982. The smallest absolute Gasteiger partial charge is 0.245 e. The normalized spacial score (nSPS) is 15.5. The van der Waals surface area contributed by atoms with Gasteiger partial charge in [-0.15, -0.1) is 0 Å². The van der Waals surface area contributed by atoms with E-state index < -0.39 is 16.1 Å². The van der Waals surface area contributed by atoms with Crippen LogP contribution in [-0.4, -0.2) is 38.9 Å². The van der Waals surface area contributed by atoms with Crippen LogP contribution in [0.1, 0.15) is 31.4 Å². The molecule has 3 rings (SSSR count). The molecule has 1 amide bonds. The van der Waals surface area contributed by atoms with Crippen molar-refractivity contribution < 1.29 is 17.9 Å². The van der Waals surface area contributed by atoms with Crippen LogP contribution in [0, 0.1) is 0 Å². The Bertz CT molecular complexity index is 861. The summed E-state index contributed by atoms with van der Waals surface area (Å²) in [4.78, 5) is 14.8. The third kappa shape index (κ3) is 4.67. The fourth-order valence-corrected chi connectivity index (χ4v) is 4.31. The molecule has 1 N–H and O–H groups in total. The second-order valence-electron chi connectivity index (χ2n) is 6.40. The number of sulfonamides is 1. The van der Waals surface area contributed by atoms with Crippen molar-refractivity contribution in [3.05, 3.63) is 60.2 Å². The van der Waals surface area contributed by atoms with Gasteiger partial charge < -0.3 is 9.64 Å². The summed E-state index contributed by atoms with van der Waals surface area (Å²) >= 11 is 0. The van der Waals surface area contributed by atoms with Gasteiger partial charge in [0.15, 0.2) is 0 Å². The number of rotatable bonds is 7. The summed E-state index contributed by atoms with van der Waals surface area (Å²) in [5, 5.41) is 0. The number of carbonyl (C=O) groups excluding carboxylic acids is 1. The zero-order valence-corrected chi connectivity index (χ0v) is 16.1. The number of hydrogen-bond donors (Lipinski definition) is 1. The molecule has 6 nitrogen and oxygen atoms in total. The standard InChI is InChI=1S/C20H24N2O4S/c1-2-26-17-10-12-18(13-11-17)27(24,25)21-19(16-8-4-3-5-9-16)20(23)22-14-6-7-15-22/h3-5,8-13,19,21H,2,6-7,14-15H2,1H3/t19-/m0/s1. The van der Waals surface area contributed by atoms with E-state index in [1.807, 2.05) is 13.0 Å². The Hall–Kier alpha value is -2.38. The molecule has 0 aromatic heterocycles. The monoisotopic (exact) mass is 388 g/mol. The molecule has 144 valence electrons. The molecule has 1 aliphatic heterocycles. The van der Waals surface area contributed by atoms with Crippen molar-refractivity contribution >= 4 is 15.9 Å². The molecule has 0 saturated carbocycles. The molecule has 0 unspecified atom stereocenters. The molecule has 1 saturated heterocycles. The first-order chi connectivity index (χ1) is 13.0. The lowest BCUT2D eigenvalue weighted by Gasteiger charge is -2.24.